The third-order valence-electron chi connectivity index (χ3n) is 3.18. The molecule has 0 aliphatic carbocycles. The number of ether oxygens (including phenoxy) is 1. The van der Waals surface area contributed by atoms with Crippen LogP contribution in [0.25, 0.3) is 11.0 Å². The van der Waals surface area contributed by atoms with Gasteiger partial charge in [0.25, 0.3) is 0 Å². The molecule has 0 aliphatic rings. The van der Waals surface area contributed by atoms with Crippen molar-refractivity contribution in [3.63, 3.8) is 0 Å². The van der Waals surface area contributed by atoms with Gasteiger partial charge in [-0.15, -0.1) is 0 Å². The minimum atomic E-state index is 0.396. The van der Waals surface area contributed by atoms with E-state index in [1.165, 1.54) is 0 Å². The maximum Gasteiger partial charge on any atom is 0.147 e. The molecule has 0 atom stereocenters. The fourth-order valence-electron chi connectivity index (χ4n) is 2.06. The van der Waals surface area contributed by atoms with Crippen molar-refractivity contribution >= 4 is 28.3 Å². The molecule has 0 radical (unpaired) electrons. The number of aromatic nitrogens is 2. The molecule has 1 heterocycles. The second-order valence-electron chi connectivity index (χ2n) is 4.58. The predicted octanol–water partition coefficient (Wildman–Crippen LogP) is 3.39. The number of nitrogens with zero attached hydrogens (tertiary/aromatic N) is 2. The first-order chi connectivity index (χ1) is 9.63. The summed E-state index contributed by atoms with van der Waals surface area (Å²) < 4.78 is 7.72. The highest BCUT2D eigenvalue weighted by molar-refractivity contribution is 6.31. The van der Waals surface area contributed by atoms with E-state index in [1.807, 2.05) is 54.1 Å². The van der Waals surface area contributed by atoms with Crippen molar-refractivity contribution in [2.24, 2.45) is 7.05 Å². The molecule has 0 spiro atoms. The second kappa shape index (κ2) is 5.06. The van der Waals surface area contributed by atoms with Crippen LogP contribution in [0.2, 0.25) is 5.02 Å². The predicted molar refractivity (Wildman–Crippen MR) is 80.9 cm³/mol. The van der Waals surface area contributed by atoms with Crippen molar-refractivity contribution in [3.05, 3.63) is 53.3 Å². The topological polar surface area (TPSA) is 53.1 Å². The summed E-state index contributed by atoms with van der Waals surface area (Å²) in [5.74, 6) is 1.61. The van der Waals surface area contributed by atoms with E-state index in [9.17, 15) is 0 Å². The van der Waals surface area contributed by atoms with E-state index in [0.717, 1.165) is 28.3 Å². The summed E-state index contributed by atoms with van der Waals surface area (Å²) in [5, 5.41) is 0.682. The van der Waals surface area contributed by atoms with Gasteiger partial charge in [0, 0.05) is 17.8 Å². The lowest BCUT2D eigenvalue weighted by atomic mass is 10.3. The molecule has 1 aromatic heterocycles. The first-order valence-corrected chi connectivity index (χ1v) is 6.60. The molecule has 0 aliphatic heterocycles. The zero-order valence-electron chi connectivity index (χ0n) is 11.0. The summed E-state index contributed by atoms with van der Waals surface area (Å²) in [6.45, 7) is 0.396. The number of hydrogen-bond donors (Lipinski definition) is 1. The lowest BCUT2D eigenvalue weighted by molar-refractivity contribution is 0.292. The number of nitrogen functional groups attached to an aromatic ring is 1. The van der Waals surface area contributed by atoms with Crippen molar-refractivity contribution in [3.8, 4) is 5.75 Å². The molecular weight excluding hydrogens is 274 g/mol. The highest BCUT2D eigenvalue weighted by Gasteiger charge is 2.08. The largest absolute Gasteiger partial charge is 0.486 e. The average molecular weight is 288 g/mol. The van der Waals surface area contributed by atoms with Crippen LogP contribution in [0.15, 0.2) is 42.5 Å². The van der Waals surface area contributed by atoms with Gasteiger partial charge >= 0.3 is 0 Å². The standard InChI is InChI=1S/C15H14ClN3O/c1-19-14-7-2-10(16)8-13(14)18-15(19)9-20-12-5-3-11(17)4-6-12/h2-8H,9,17H2,1H3. The molecule has 0 amide bonds. The van der Waals surface area contributed by atoms with Crippen LogP contribution in [0, 0.1) is 0 Å². The van der Waals surface area contributed by atoms with Crippen LogP contribution in [0.5, 0.6) is 5.75 Å². The summed E-state index contributed by atoms with van der Waals surface area (Å²) in [6, 6.07) is 13.0. The molecule has 2 N–H and O–H groups in total. The van der Waals surface area contributed by atoms with Crippen LogP contribution in [0.4, 0.5) is 5.69 Å². The Morgan fingerprint density at radius 2 is 1.95 bits per heavy atom. The minimum Gasteiger partial charge on any atom is -0.486 e. The number of aryl methyl sites for hydroxylation is 1. The van der Waals surface area contributed by atoms with Gasteiger partial charge < -0.3 is 15.0 Å². The molecule has 2 aromatic carbocycles. The number of rotatable bonds is 3. The van der Waals surface area contributed by atoms with E-state index in [0.29, 0.717) is 11.6 Å². The van der Waals surface area contributed by atoms with Gasteiger partial charge in [0.2, 0.25) is 0 Å². The zero-order valence-corrected chi connectivity index (χ0v) is 11.8. The number of halogens is 1. The van der Waals surface area contributed by atoms with Gasteiger partial charge in [0.15, 0.2) is 0 Å². The third kappa shape index (κ3) is 2.42. The van der Waals surface area contributed by atoms with Gasteiger partial charge in [0.1, 0.15) is 18.2 Å². The van der Waals surface area contributed by atoms with Crippen molar-refractivity contribution < 1.29 is 4.74 Å². The van der Waals surface area contributed by atoms with Crippen molar-refractivity contribution in [1.82, 2.24) is 9.55 Å². The molecule has 102 valence electrons. The maximum absolute atomic E-state index is 5.98. The summed E-state index contributed by atoms with van der Waals surface area (Å²) in [5.41, 5.74) is 8.26. The normalized spacial score (nSPS) is 10.9. The smallest absolute Gasteiger partial charge is 0.147 e. The van der Waals surface area contributed by atoms with Crippen molar-refractivity contribution in [2.75, 3.05) is 5.73 Å². The first-order valence-electron chi connectivity index (χ1n) is 6.23. The summed E-state index contributed by atoms with van der Waals surface area (Å²) in [4.78, 5) is 4.53. The molecule has 5 heteroatoms. The maximum atomic E-state index is 5.98. The van der Waals surface area contributed by atoms with E-state index < -0.39 is 0 Å². The van der Waals surface area contributed by atoms with Gasteiger partial charge in [-0.1, -0.05) is 11.6 Å². The van der Waals surface area contributed by atoms with E-state index >= 15 is 0 Å². The van der Waals surface area contributed by atoms with E-state index in [2.05, 4.69) is 4.98 Å². The molecule has 3 aromatic rings. The lowest BCUT2D eigenvalue weighted by Gasteiger charge is -2.06. The molecule has 3 rings (SSSR count). The van der Waals surface area contributed by atoms with Gasteiger partial charge in [-0.05, 0) is 42.5 Å². The van der Waals surface area contributed by atoms with Crippen LogP contribution in [0.3, 0.4) is 0 Å². The summed E-state index contributed by atoms with van der Waals surface area (Å²) in [6.07, 6.45) is 0. The molecule has 0 unspecified atom stereocenters. The van der Waals surface area contributed by atoms with Gasteiger partial charge in [-0.3, -0.25) is 0 Å². The van der Waals surface area contributed by atoms with Crippen LogP contribution in [0.1, 0.15) is 5.82 Å². The Labute approximate surface area is 121 Å². The minimum absolute atomic E-state index is 0.396. The Bertz CT molecular complexity index is 750. The Balaban J connectivity index is 1.84. The van der Waals surface area contributed by atoms with Gasteiger partial charge in [0.05, 0.1) is 11.0 Å². The van der Waals surface area contributed by atoms with Crippen LogP contribution in [-0.4, -0.2) is 9.55 Å². The first kappa shape index (κ1) is 12.8. The second-order valence-corrected chi connectivity index (χ2v) is 5.01. The number of hydrogen-bond acceptors (Lipinski definition) is 3. The fraction of sp³-hybridized carbons (Fsp3) is 0.133. The van der Waals surface area contributed by atoms with Crippen LogP contribution >= 0.6 is 11.6 Å². The van der Waals surface area contributed by atoms with Gasteiger partial charge in [-0.2, -0.15) is 0 Å². The fourth-order valence-corrected chi connectivity index (χ4v) is 2.23. The lowest BCUT2D eigenvalue weighted by Crippen LogP contribution is -2.03. The summed E-state index contributed by atoms with van der Waals surface area (Å²) >= 11 is 5.98. The summed E-state index contributed by atoms with van der Waals surface area (Å²) in [7, 11) is 1.96. The molecule has 0 saturated heterocycles. The number of nitrogens with two attached hydrogens (primary N) is 1. The highest BCUT2D eigenvalue weighted by Crippen LogP contribution is 2.21. The number of anilines is 1. The Morgan fingerprint density at radius 1 is 1.20 bits per heavy atom. The number of benzene rings is 2. The van der Waals surface area contributed by atoms with E-state index in [-0.39, 0.29) is 0 Å². The molecule has 20 heavy (non-hydrogen) atoms. The Hall–Kier alpha value is -2.20. The molecule has 0 fully saturated rings. The molecule has 0 saturated carbocycles. The number of imidazole rings is 1. The Kier molecular flexibility index (Phi) is 3.24. The Morgan fingerprint density at radius 3 is 2.70 bits per heavy atom. The van der Waals surface area contributed by atoms with Crippen molar-refractivity contribution in [2.45, 2.75) is 6.61 Å². The third-order valence-corrected chi connectivity index (χ3v) is 3.42. The SMILES string of the molecule is Cn1c(COc2ccc(N)cc2)nc2cc(Cl)ccc21. The average Bonchev–Trinajstić information content (AvgIpc) is 2.74. The van der Waals surface area contributed by atoms with Crippen molar-refractivity contribution in [1.29, 1.82) is 0 Å². The van der Waals surface area contributed by atoms with Crippen LogP contribution < -0.4 is 10.5 Å². The molecular formula is C15H14ClN3O. The number of fused-ring (bicyclic) bond motifs is 1. The van der Waals surface area contributed by atoms with E-state index in [1.54, 1.807) is 0 Å². The quantitative estimate of drug-likeness (QED) is 0.751. The highest BCUT2D eigenvalue weighted by atomic mass is 35.5. The zero-order chi connectivity index (χ0) is 14.1. The van der Waals surface area contributed by atoms with Gasteiger partial charge in [-0.25, -0.2) is 4.98 Å². The monoisotopic (exact) mass is 287 g/mol. The van der Waals surface area contributed by atoms with Crippen LogP contribution in [-0.2, 0) is 13.7 Å². The molecule has 4 nitrogen and oxygen atoms in total. The van der Waals surface area contributed by atoms with E-state index in [4.69, 9.17) is 22.1 Å². The molecule has 0 bridgehead atoms.